The van der Waals surface area contributed by atoms with E-state index in [9.17, 15) is 8.78 Å². The van der Waals surface area contributed by atoms with Crippen LogP contribution in [0.1, 0.15) is 5.56 Å². The average molecular weight is 286 g/mol. The van der Waals surface area contributed by atoms with Gasteiger partial charge in [-0.3, -0.25) is 0 Å². The van der Waals surface area contributed by atoms with Gasteiger partial charge in [0.05, 0.1) is 23.8 Å². The minimum atomic E-state index is -0.569. The van der Waals surface area contributed by atoms with Gasteiger partial charge in [0.25, 0.3) is 0 Å². The normalized spacial score (nSPS) is 10.6. The highest BCUT2D eigenvalue weighted by Gasteiger charge is 2.10. The SMILES string of the molecule is Fc1cccc(F)c1CNc1ccccc1-n1ccnn1. The highest BCUT2D eigenvalue weighted by molar-refractivity contribution is 5.60. The van der Waals surface area contributed by atoms with E-state index in [0.29, 0.717) is 5.69 Å². The first kappa shape index (κ1) is 13.2. The second kappa shape index (κ2) is 5.70. The second-order valence-corrected chi connectivity index (χ2v) is 4.42. The van der Waals surface area contributed by atoms with Crippen LogP contribution in [0.2, 0.25) is 0 Å². The summed E-state index contributed by atoms with van der Waals surface area (Å²) in [6.45, 7) is 0.0459. The number of aromatic nitrogens is 3. The summed E-state index contributed by atoms with van der Waals surface area (Å²) in [4.78, 5) is 0. The minimum Gasteiger partial charge on any atom is -0.379 e. The van der Waals surface area contributed by atoms with Crippen LogP contribution in [0.5, 0.6) is 0 Å². The molecule has 1 aromatic heterocycles. The molecule has 0 fully saturated rings. The zero-order valence-electron chi connectivity index (χ0n) is 11.0. The molecule has 0 atom stereocenters. The Bertz CT molecular complexity index is 721. The van der Waals surface area contributed by atoms with E-state index in [2.05, 4.69) is 15.6 Å². The van der Waals surface area contributed by atoms with Crippen LogP contribution >= 0.6 is 0 Å². The van der Waals surface area contributed by atoms with Crippen LogP contribution < -0.4 is 5.32 Å². The first-order chi connectivity index (χ1) is 10.3. The van der Waals surface area contributed by atoms with Crippen LogP contribution in [-0.4, -0.2) is 15.0 Å². The minimum absolute atomic E-state index is 0.00546. The third kappa shape index (κ3) is 2.74. The van der Waals surface area contributed by atoms with Gasteiger partial charge in [0, 0.05) is 12.1 Å². The second-order valence-electron chi connectivity index (χ2n) is 4.42. The largest absolute Gasteiger partial charge is 0.379 e. The van der Waals surface area contributed by atoms with Gasteiger partial charge in [-0.25, -0.2) is 13.5 Å². The molecule has 1 N–H and O–H groups in total. The van der Waals surface area contributed by atoms with Crippen molar-refractivity contribution in [2.75, 3.05) is 5.32 Å². The maximum absolute atomic E-state index is 13.6. The quantitative estimate of drug-likeness (QED) is 0.801. The molecule has 0 aliphatic rings. The van der Waals surface area contributed by atoms with Gasteiger partial charge in [-0.15, -0.1) is 5.10 Å². The molecule has 3 aromatic rings. The van der Waals surface area contributed by atoms with Crippen LogP contribution in [0.25, 0.3) is 5.69 Å². The molecule has 1 heterocycles. The van der Waals surface area contributed by atoms with Crippen LogP contribution in [0.3, 0.4) is 0 Å². The molecule has 0 saturated heterocycles. The molecule has 106 valence electrons. The first-order valence-corrected chi connectivity index (χ1v) is 6.38. The summed E-state index contributed by atoms with van der Waals surface area (Å²) in [6, 6.07) is 11.2. The van der Waals surface area contributed by atoms with E-state index in [1.165, 1.54) is 18.2 Å². The van der Waals surface area contributed by atoms with Gasteiger partial charge in [0.1, 0.15) is 11.6 Å². The summed E-state index contributed by atoms with van der Waals surface area (Å²) in [5.41, 5.74) is 1.48. The summed E-state index contributed by atoms with van der Waals surface area (Å²) < 4.78 is 28.8. The number of halogens is 2. The molecule has 6 heteroatoms. The monoisotopic (exact) mass is 286 g/mol. The summed E-state index contributed by atoms with van der Waals surface area (Å²) >= 11 is 0. The fourth-order valence-corrected chi connectivity index (χ4v) is 2.04. The fourth-order valence-electron chi connectivity index (χ4n) is 2.04. The number of para-hydroxylation sites is 2. The van der Waals surface area contributed by atoms with Crippen molar-refractivity contribution in [1.82, 2.24) is 15.0 Å². The van der Waals surface area contributed by atoms with Crippen LogP contribution in [0.4, 0.5) is 14.5 Å². The topological polar surface area (TPSA) is 42.7 Å². The van der Waals surface area contributed by atoms with E-state index in [4.69, 9.17) is 0 Å². The molecule has 0 saturated carbocycles. The zero-order valence-corrected chi connectivity index (χ0v) is 11.0. The molecule has 0 radical (unpaired) electrons. The van der Waals surface area contributed by atoms with Crippen molar-refractivity contribution >= 4 is 5.69 Å². The van der Waals surface area contributed by atoms with E-state index >= 15 is 0 Å². The number of benzene rings is 2. The molecule has 0 amide bonds. The van der Waals surface area contributed by atoms with E-state index in [0.717, 1.165) is 5.69 Å². The first-order valence-electron chi connectivity index (χ1n) is 6.38. The van der Waals surface area contributed by atoms with Crippen LogP contribution in [0, 0.1) is 11.6 Å². The Kier molecular flexibility index (Phi) is 3.59. The van der Waals surface area contributed by atoms with Gasteiger partial charge in [0.2, 0.25) is 0 Å². The Morgan fingerprint density at radius 3 is 2.48 bits per heavy atom. The highest BCUT2D eigenvalue weighted by Crippen LogP contribution is 2.21. The van der Waals surface area contributed by atoms with Gasteiger partial charge in [-0.1, -0.05) is 23.4 Å². The molecule has 0 unspecified atom stereocenters. The Balaban J connectivity index is 1.86. The van der Waals surface area contributed by atoms with Crippen LogP contribution in [0.15, 0.2) is 54.9 Å². The Labute approximate surface area is 120 Å². The molecule has 0 aliphatic carbocycles. The van der Waals surface area contributed by atoms with E-state index in [1.807, 2.05) is 24.3 Å². The number of hydrogen-bond acceptors (Lipinski definition) is 3. The average Bonchev–Trinajstić information content (AvgIpc) is 3.01. The van der Waals surface area contributed by atoms with Gasteiger partial charge in [0.15, 0.2) is 0 Å². The lowest BCUT2D eigenvalue weighted by atomic mass is 10.2. The van der Waals surface area contributed by atoms with Crippen molar-refractivity contribution < 1.29 is 8.78 Å². The van der Waals surface area contributed by atoms with E-state index < -0.39 is 11.6 Å². The lowest BCUT2D eigenvalue weighted by Gasteiger charge is -2.12. The Morgan fingerprint density at radius 2 is 1.76 bits per heavy atom. The zero-order chi connectivity index (χ0) is 14.7. The molecule has 3 rings (SSSR count). The van der Waals surface area contributed by atoms with E-state index in [-0.39, 0.29) is 12.1 Å². The van der Waals surface area contributed by atoms with Gasteiger partial charge in [-0.05, 0) is 24.3 Å². The molecule has 2 aromatic carbocycles. The number of nitrogens with one attached hydrogen (secondary N) is 1. The van der Waals surface area contributed by atoms with Crippen molar-refractivity contribution in [3.8, 4) is 5.69 Å². The van der Waals surface area contributed by atoms with Gasteiger partial charge >= 0.3 is 0 Å². The third-order valence-electron chi connectivity index (χ3n) is 3.09. The molecule has 4 nitrogen and oxygen atoms in total. The van der Waals surface area contributed by atoms with E-state index in [1.54, 1.807) is 17.1 Å². The smallest absolute Gasteiger partial charge is 0.131 e. The Hall–Kier alpha value is -2.76. The lowest BCUT2D eigenvalue weighted by molar-refractivity contribution is 0.560. The fraction of sp³-hybridized carbons (Fsp3) is 0.0667. The number of anilines is 1. The standard InChI is InChI=1S/C15H12F2N4/c16-12-4-3-5-13(17)11(12)10-18-14-6-1-2-7-15(14)21-9-8-19-20-21/h1-9,18H,10H2. The maximum Gasteiger partial charge on any atom is 0.131 e. The summed E-state index contributed by atoms with van der Waals surface area (Å²) in [7, 11) is 0. The summed E-state index contributed by atoms with van der Waals surface area (Å²) in [5.74, 6) is -1.14. The highest BCUT2D eigenvalue weighted by atomic mass is 19.1. The molecule has 0 spiro atoms. The van der Waals surface area contributed by atoms with Crippen molar-refractivity contribution in [3.63, 3.8) is 0 Å². The number of rotatable bonds is 4. The third-order valence-corrected chi connectivity index (χ3v) is 3.09. The van der Waals surface area contributed by atoms with Gasteiger partial charge < -0.3 is 5.32 Å². The summed E-state index contributed by atoms with van der Waals surface area (Å²) in [6.07, 6.45) is 3.26. The molecule has 21 heavy (non-hydrogen) atoms. The van der Waals surface area contributed by atoms with Crippen molar-refractivity contribution in [2.45, 2.75) is 6.54 Å². The van der Waals surface area contributed by atoms with Crippen molar-refractivity contribution in [1.29, 1.82) is 0 Å². The number of nitrogens with zero attached hydrogens (tertiary/aromatic N) is 3. The van der Waals surface area contributed by atoms with Gasteiger partial charge in [-0.2, -0.15) is 0 Å². The Morgan fingerprint density at radius 1 is 1.00 bits per heavy atom. The predicted molar refractivity (Wildman–Crippen MR) is 75.0 cm³/mol. The molecule has 0 aliphatic heterocycles. The molecular formula is C15H12F2N4. The van der Waals surface area contributed by atoms with Crippen molar-refractivity contribution in [2.24, 2.45) is 0 Å². The van der Waals surface area contributed by atoms with Crippen LogP contribution in [-0.2, 0) is 6.54 Å². The van der Waals surface area contributed by atoms with Crippen molar-refractivity contribution in [3.05, 3.63) is 72.1 Å². The maximum atomic E-state index is 13.6. The molecule has 0 bridgehead atoms. The molecular weight excluding hydrogens is 274 g/mol. The summed E-state index contributed by atoms with van der Waals surface area (Å²) in [5, 5.41) is 10.7. The lowest BCUT2D eigenvalue weighted by Crippen LogP contribution is -2.07. The predicted octanol–water partition coefficient (Wildman–Crippen LogP) is 3.16. The number of hydrogen-bond donors (Lipinski definition) is 1.